The van der Waals surface area contributed by atoms with Crippen molar-refractivity contribution in [1.82, 2.24) is 5.32 Å². The van der Waals surface area contributed by atoms with Gasteiger partial charge in [0, 0.05) is 13.1 Å². The Morgan fingerprint density at radius 3 is 2.86 bits per heavy atom. The molecule has 1 aromatic carbocycles. The van der Waals surface area contributed by atoms with Gasteiger partial charge in [-0.05, 0) is 26.0 Å². The van der Waals surface area contributed by atoms with E-state index in [1.165, 1.54) is 0 Å². The number of nitrogens with zero attached hydrogens (tertiary/aromatic N) is 1. The first-order valence-electron chi connectivity index (χ1n) is 7.08. The number of hydrogen-bond donors (Lipinski definition) is 2. The van der Waals surface area contributed by atoms with Crippen LogP contribution in [0.15, 0.2) is 24.3 Å². The molecule has 1 unspecified atom stereocenters. The van der Waals surface area contributed by atoms with Crippen LogP contribution < -0.4 is 15.5 Å². The molecule has 112 valence electrons. The third kappa shape index (κ3) is 2.30. The van der Waals surface area contributed by atoms with Crippen molar-refractivity contribution in [2.24, 2.45) is 0 Å². The quantitative estimate of drug-likeness (QED) is 0.800. The molecule has 21 heavy (non-hydrogen) atoms. The third-order valence-electron chi connectivity index (χ3n) is 3.93. The summed E-state index contributed by atoms with van der Waals surface area (Å²) >= 11 is 0. The number of carbonyl (C=O) groups is 2. The molecular weight excluding hydrogens is 270 g/mol. The first-order chi connectivity index (χ1) is 10.0. The third-order valence-corrected chi connectivity index (χ3v) is 3.93. The van der Waals surface area contributed by atoms with Gasteiger partial charge in [-0.2, -0.15) is 0 Å². The number of para-hydroxylation sites is 2. The molecule has 0 saturated carbocycles. The molecule has 2 N–H and O–H groups in total. The van der Waals surface area contributed by atoms with Gasteiger partial charge in [0.2, 0.25) is 5.91 Å². The summed E-state index contributed by atoms with van der Waals surface area (Å²) in [5.41, 5.74) is 0.409. The average molecular weight is 289 g/mol. The summed E-state index contributed by atoms with van der Waals surface area (Å²) < 4.78 is 5.55. The minimum Gasteiger partial charge on any atom is -0.366 e. The number of benzene rings is 1. The Balaban J connectivity index is 2.01. The minimum absolute atomic E-state index is 0.186. The van der Waals surface area contributed by atoms with Gasteiger partial charge in [0.25, 0.3) is 5.91 Å². The highest BCUT2D eigenvalue weighted by Crippen LogP contribution is 2.37. The Hall–Kier alpha value is -1.92. The standard InChI is InChI=1S/C15H19N3O3/c1-15(2)14(20)17-10-5-3-4-6-11(10)18(15)13(19)12-9-16-7-8-21-12/h3-6,12,16H,7-9H2,1-2H3,(H,17,20). The van der Waals surface area contributed by atoms with Crippen LogP contribution in [0.25, 0.3) is 0 Å². The molecule has 1 aromatic rings. The van der Waals surface area contributed by atoms with Crippen LogP contribution in [0.2, 0.25) is 0 Å². The summed E-state index contributed by atoms with van der Waals surface area (Å²) in [6, 6.07) is 7.32. The topological polar surface area (TPSA) is 70.7 Å². The van der Waals surface area contributed by atoms with Crippen LogP contribution in [0.4, 0.5) is 11.4 Å². The number of morpholine rings is 1. The van der Waals surface area contributed by atoms with Crippen LogP contribution in [-0.2, 0) is 14.3 Å². The number of rotatable bonds is 1. The minimum atomic E-state index is -0.952. The monoisotopic (exact) mass is 289 g/mol. The molecule has 6 nitrogen and oxygen atoms in total. The highest BCUT2D eigenvalue weighted by atomic mass is 16.5. The smallest absolute Gasteiger partial charge is 0.258 e. The Morgan fingerprint density at radius 2 is 2.14 bits per heavy atom. The van der Waals surface area contributed by atoms with Crippen molar-refractivity contribution < 1.29 is 14.3 Å². The maximum Gasteiger partial charge on any atom is 0.258 e. The molecule has 6 heteroatoms. The predicted molar refractivity (Wildman–Crippen MR) is 79.2 cm³/mol. The molecule has 0 bridgehead atoms. The molecule has 0 radical (unpaired) electrons. The fraction of sp³-hybridized carbons (Fsp3) is 0.467. The van der Waals surface area contributed by atoms with E-state index in [1.807, 2.05) is 18.2 Å². The van der Waals surface area contributed by atoms with Gasteiger partial charge >= 0.3 is 0 Å². The fourth-order valence-electron chi connectivity index (χ4n) is 2.71. The molecule has 2 aliphatic rings. The van der Waals surface area contributed by atoms with Crippen molar-refractivity contribution in [3.8, 4) is 0 Å². The van der Waals surface area contributed by atoms with E-state index < -0.39 is 11.6 Å². The molecule has 1 saturated heterocycles. The SMILES string of the molecule is CC1(C)C(=O)Nc2ccccc2N1C(=O)C1CNCCO1. The summed E-state index contributed by atoms with van der Waals surface area (Å²) in [6.07, 6.45) is -0.558. The van der Waals surface area contributed by atoms with Crippen molar-refractivity contribution in [1.29, 1.82) is 0 Å². The molecule has 0 aliphatic carbocycles. The number of anilines is 2. The number of ether oxygens (including phenoxy) is 1. The van der Waals surface area contributed by atoms with Gasteiger partial charge in [0.1, 0.15) is 11.6 Å². The maximum atomic E-state index is 12.9. The first kappa shape index (κ1) is 14.0. The zero-order valence-corrected chi connectivity index (χ0v) is 12.2. The zero-order valence-electron chi connectivity index (χ0n) is 12.2. The number of carbonyl (C=O) groups excluding carboxylic acids is 2. The highest BCUT2D eigenvalue weighted by molar-refractivity contribution is 6.15. The zero-order chi connectivity index (χ0) is 15.0. The molecule has 1 fully saturated rings. The Kier molecular flexibility index (Phi) is 3.43. The number of nitrogens with one attached hydrogen (secondary N) is 2. The fourth-order valence-corrected chi connectivity index (χ4v) is 2.71. The van der Waals surface area contributed by atoms with Gasteiger partial charge in [0.15, 0.2) is 0 Å². The Labute approximate surface area is 123 Å². The van der Waals surface area contributed by atoms with E-state index in [2.05, 4.69) is 10.6 Å². The summed E-state index contributed by atoms with van der Waals surface area (Å²) in [6.45, 7) is 5.19. The second-order valence-corrected chi connectivity index (χ2v) is 5.77. The normalized spacial score (nSPS) is 24.2. The van der Waals surface area contributed by atoms with E-state index in [4.69, 9.17) is 4.74 Å². The van der Waals surface area contributed by atoms with Gasteiger partial charge in [-0.25, -0.2) is 0 Å². The van der Waals surface area contributed by atoms with E-state index in [0.29, 0.717) is 24.5 Å². The van der Waals surface area contributed by atoms with Crippen molar-refractivity contribution >= 4 is 23.2 Å². The first-order valence-corrected chi connectivity index (χ1v) is 7.08. The summed E-state index contributed by atoms with van der Waals surface area (Å²) in [5.74, 6) is -0.382. The largest absolute Gasteiger partial charge is 0.366 e. The summed E-state index contributed by atoms with van der Waals surface area (Å²) in [5, 5.41) is 5.99. The van der Waals surface area contributed by atoms with E-state index >= 15 is 0 Å². The molecule has 3 rings (SSSR count). The van der Waals surface area contributed by atoms with E-state index in [0.717, 1.165) is 6.54 Å². The molecule has 2 aliphatic heterocycles. The molecular formula is C15H19N3O3. The van der Waals surface area contributed by atoms with Crippen LogP contribution in [0, 0.1) is 0 Å². The molecule has 2 amide bonds. The van der Waals surface area contributed by atoms with Crippen LogP contribution in [0.5, 0.6) is 0 Å². The van der Waals surface area contributed by atoms with Gasteiger partial charge in [-0.1, -0.05) is 12.1 Å². The lowest BCUT2D eigenvalue weighted by atomic mass is 9.95. The number of hydrogen-bond acceptors (Lipinski definition) is 4. The molecule has 2 heterocycles. The summed E-state index contributed by atoms with van der Waals surface area (Å²) in [7, 11) is 0. The van der Waals surface area contributed by atoms with Crippen LogP contribution in [0.3, 0.4) is 0 Å². The summed E-state index contributed by atoms with van der Waals surface area (Å²) in [4.78, 5) is 26.7. The van der Waals surface area contributed by atoms with Gasteiger partial charge in [-0.3, -0.25) is 14.5 Å². The van der Waals surface area contributed by atoms with E-state index in [-0.39, 0.29) is 11.8 Å². The molecule has 1 atom stereocenters. The molecule has 0 spiro atoms. The lowest BCUT2D eigenvalue weighted by Crippen LogP contribution is -2.62. The predicted octanol–water partition coefficient (Wildman–Crippen LogP) is 0.739. The Bertz CT molecular complexity index is 579. The maximum absolute atomic E-state index is 12.9. The van der Waals surface area contributed by atoms with Crippen molar-refractivity contribution in [3.05, 3.63) is 24.3 Å². The second-order valence-electron chi connectivity index (χ2n) is 5.77. The van der Waals surface area contributed by atoms with Crippen LogP contribution in [-0.4, -0.2) is 43.2 Å². The number of fused-ring (bicyclic) bond motifs is 1. The highest BCUT2D eigenvalue weighted by Gasteiger charge is 2.45. The van der Waals surface area contributed by atoms with E-state index in [1.54, 1.807) is 24.8 Å². The number of amides is 2. The lowest BCUT2D eigenvalue weighted by Gasteiger charge is -2.43. The van der Waals surface area contributed by atoms with Gasteiger partial charge < -0.3 is 15.4 Å². The van der Waals surface area contributed by atoms with Gasteiger partial charge in [-0.15, -0.1) is 0 Å². The van der Waals surface area contributed by atoms with Crippen molar-refractivity contribution in [3.63, 3.8) is 0 Å². The second kappa shape index (κ2) is 5.13. The van der Waals surface area contributed by atoms with E-state index in [9.17, 15) is 9.59 Å². The van der Waals surface area contributed by atoms with Crippen LogP contribution >= 0.6 is 0 Å². The Morgan fingerprint density at radius 1 is 1.38 bits per heavy atom. The molecule has 0 aromatic heterocycles. The lowest BCUT2D eigenvalue weighted by molar-refractivity contribution is -0.135. The average Bonchev–Trinajstić information content (AvgIpc) is 2.49. The van der Waals surface area contributed by atoms with Gasteiger partial charge in [0.05, 0.1) is 18.0 Å². The van der Waals surface area contributed by atoms with Crippen molar-refractivity contribution in [2.45, 2.75) is 25.5 Å². The van der Waals surface area contributed by atoms with Crippen LogP contribution in [0.1, 0.15) is 13.8 Å². The van der Waals surface area contributed by atoms with Crippen molar-refractivity contribution in [2.75, 3.05) is 29.9 Å².